The Bertz CT molecular complexity index is 821. The van der Waals surface area contributed by atoms with Gasteiger partial charge in [-0.25, -0.2) is 0 Å². The molecule has 1 heterocycles. The minimum atomic E-state index is -0.451. The van der Waals surface area contributed by atoms with Crippen LogP contribution in [0, 0.1) is 0 Å². The van der Waals surface area contributed by atoms with Crippen LogP contribution in [0.15, 0.2) is 46.3 Å². The van der Waals surface area contributed by atoms with Crippen LogP contribution in [0.1, 0.15) is 6.42 Å². The minimum absolute atomic E-state index is 0.0851. The Morgan fingerprint density at radius 2 is 2.10 bits per heavy atom. The van der Waals surface area contributed by atoms with Gasteiger partial charge in [-0.15, -0.1) is 0 Å². The van der Waals surface area contributed by atoms with E-state index in [1.165, 1.54) is 35.2 Å². The molecule has 1 aromatic carbocycles. The molecule has 0 spiro atoms. The largest absolute Gasteiger partial charge is 0.508 e. The molecule has 0 bridgehead atoms. The van der Waals surface area contributed by atoms with E-state index in [4.69, 9.17) is 0 Å². The van der Waals surface area contributed by atoms with Gasteiger partial charge >= 0.3 is 0 Å². The van der Waals surface area contributed by atoms with Crippen molar-refractivity contribution in [2.45, 2.75) is 6.42 Å². The van der Waals surface area contributed by atoms with Gasteiger partial charge in [0.15, 0.2) is 5.78 Å². The number of aromatic nitrogens is 1. The average Bonchev–Trinajstić information content (AvgIpc) is 2.43. The summed E-state index contributed by atoms with van der Waals surface area (Å²) in [5, 5.41) is 19.8. The Hall–Kier alpha value is -2.34. The summed E-state index contributed by atoms with van der Waals surface area (Å²) >= 11 is 3.29. The van der Waals surface area contributed by atoms with Crippen molar-refractivity contribution in [1.29, 1.82) is 0 Å². The highest BCUT2D eigenvalue weighted by Crippen LogP contribution is 2.31. The SMILES string of the molecule is C=CC(=O)CC=Cn1cc(Br)c2cc(O)cc(O)c2c1=O. The van der Waals surface area contributed by atoms with Crippen molar-refractivity contribution in [1.82, 2.24) is 4.57 Å². The van der Waals surface area contributed by atoms with Gasteiger partial charge in [0.05, 0.1) is 5.39 Å². The molecule has 2 N–H and O–H groups in total. The summed E-state index contributed by atoms with van der Waals surface area (Å²) in [6.45, 7) is 3.36. The van der Waals surface area contributed by atoms with E-state index in [9.17, 15) is 19.8 Å². The lowest BCUT2D eigenvalue weighted by Crippen LogP contribution is -2.15. The van der Waals surface area contributed by atoms with Gasteiger partial charge in [0.1, 0.15) is 11.5 Å². The Balaban J connectivity index is 2.58. The lowest BCUT2D eigenvalue weighted by molar-refractivity contribution is -0.113. The summed E-state index contributed by atoms with van der Waals surface area (Å²) in [4.78, 5) is 23.4. The van der Waals surface area contributed by atoms with Gasteiger partial charge in [-0.3, -0.25) is 14.2 Å². The zero-order valence-corrected chi connectivity index (χ0v) is 12.5. The third kappa shape index (κ3) is 3.05. The number of rotatable bonds is 4. The van der Waals surface area contributed by atoms with E-state index >= 15 is 0 Å². The minimum Gasteiger partial charge on any atom is -0.508 e. The average molecular weight is 350 g/mol. The number of halogens is 1. The lowest BCUT2D eigenvalue weighted by atomic mass is 10.1. The molecule has 0 aliphatic heterocycles. The third-order valence-electron chi connectivity index (χ3n) is 2.87. The summed E-state index contributed by atoms with van der Waals surface area (Å²) in [6, 6.07) is 2.49. The van der Waals surface area contributed by atoms with Gasteiger partial charge < -0.3 is 10.2 Å². The van der Waals surface area contributed by atoms with Gasteiger partial charge in [-0.2, -0.15) is 0 Å². The van der Waals surface area contributed by atoms with Crippen LogP contribution in [0.5, 0.6) is 11.5 Å². The number of carbonyl (C=O) groups excluding carboxylic acids is 1. The molecule has 0 aliphatic rings. The predicted molar refractivity (Wildman–Crippen MR) is 84.4 cm³/mol. The number of benzene rings is 1. The molecule has 108 valence electrons. The highest BCUT2D eigenvalue weighted by molar-refractivity contribution is 9.10. The fraction of sp³-hybridized carbons (Fsp3) is 0.0667. The molecule has 0 radical (unpaired) electrons. The number of phenolic OH excluding ortho intramolecular Hbond substituents is 2. The van der Waals surface area contributed by atoms with Gasteiger partial charge in [-0.1, -0.05) is 12.7 Å². The Morgan fingerprint density at radius 3 is 2.76 bits per heavy atom. The first-order valence-corrected chi connectivity index (χ1v) is 6.81. The van der Waals surface area contributed by atoms with Crippen LogP contribution in [0.3, 0.4) is 0 Å². The number of nitrogens with zero attached hydrogens (tertiary/aromatic N) is 1. The highest BCUT2D eigenvalue weighted by atomic mass is 79.9. The second-order valence-electron chi connectivity index (χ2n) is 4.34. The van der Waals surface area contributed by atoms with Crippen LogP contribution >= 0.6 is 15.9 Å². The smallest absolute Gasteiger partial charge is 0.266 e. The normalized spacial score (nSPS) is 11.1. The zero-order valence-electron chi connectivity index (χ0n) is 10.9. The molecule has 0 aliphatic carbocycles. The third-order valence-corrected chi connectivity index (χ3v) is 3.51. The maximum Gasteiger partial charge on any atom is 0.266 e. The molecule has 0 saturated heterocycles. The molecule has 5 nitrogen and oxygen atoms in total. The van der Waals surface area contributed by atoms with E-state index in [-0.39, 0.29) is 29.1 Å². The van der Waals surface area contributed by atoms with Crippen molar-refractivity contribution in [3.8, 4) is 11.5 Å². The molecular formula is C15H12BrNO4. The monoisotopic (exact) mass is 349 g/mol. The standard InChI is InChI=1S/C15H12BrNO4/c1-2-9(18)4-3-5-17-8-12(16)11-6-10(19)7-13(20)14(11)15(17)21/h2-3,5-8,19-20H,1,4H2. The molecule has 0 atom stereocenters. The predicted octanol–water partition coefficient (Wildman–Crippen LogP) is 2.79. The van der Waals surface area contributed by atoms with Crippen molar-refractivity contribution >= 4 is 38.7 Å². The van der Waals surface area contributed by atoms with Crippen LogP contribution in [-0.2, 0) is 4.79 Å². The maximum absolute atomic E-state index is 12.3. The fourth-order valence-electron chi connectivity index (χ4n) is 1.88. The summed E-state index contributed by atoms with van der Waals surface area (Å²) < 4.78 is 1.78. The van der Waals surface area contributed by atoms with E-state index in [1.54, 1.807) is 0 Å². The second kappa shape index (κ2) is 5.97. The molecule has 6 heteroatoms. The number of pyridine rings is 1. The molecule has 0 saturated carbocycles. The number of hydrogen-bond donors (Lipinski definition) is 2. The highest BCUT2D eigenvalue weighted by Gasteiger charge is 2.11. The van der Waals surface area contributed by atoms with Crippen molar-refractivity contribution in [2.75, 3.05) is 0 Å². The van der Waals surface area contributed by atoms with Gasteiger partial charge in [0.25, 0.3) is 5.56 Å². The molecule has 2 aromatic rings. The molecule has 21 heavy (non-hydrogen) atoms. The quantitative estimate of drug-likeness (QED) is 0.831. The number of phenols is 2. The number of aromatic hydroxyl groups is 2. The van der Waals surface area contributed by atoms with Crippen molar-refractivity contribution in [3.63, 3.8) is 0 Å². The van der Waals surface area contributed by atoms with Crippen LogP contribution in [-0.4, -0.2) is 20.6 Å². The summed E-state index contributed by atoms with van der Waals surface area (Å²) in [7, 11) is 0. The Kier molecular flexibility index (Phi) is 4.28. The second-order valence-corrected chi connectivity index (χ2v) is 5.19. The van der Waals surface area contributed by atoms with Gasteiger partial charge in [0, 0.05) is 34.7 Å². The van der Waals surface area contributed by atoms with Crippen molar-refractivity contribution < 1.29 is 15.0 Å². The molecule has 0 fully saturated rings. The number of hydrogen-bond acceptors (Lipinski definition) is 4. The summed E-state index contributed by atoms with van der Waals surface area (Å²) in [5.74, 6) is -0.600. The van der Waals surface area contributed by atoms with Crippen LogP contribution in [0.2, 0.25) is 0 Å². The van der Waals surface area contributed by atoms with E-state index in [0.717, 1.165) is 6.07 Å². The molecule has 1 aromatic heterocycles. The molecular weight excluding hydrogens is 338 g/mol. The first-order chi connectivity index (χ1) is 9.93. The molecule has 0 amide bonds. The van der Waals surface area contributed by atoms with E-state index < -0.39 is 5.56 Å². The maximum atomic E-state index is 12.3. The first-order valence-electron chi connectivity index (χ1n) is 6.02. The van der Waals surface area contributed by atoms with E-state index in [1.807, 2.05) is 0 Å². The van der Waals surface area contributed by atoms with Gasteiger partial charge in [0.2, 0.25) is 0 Å². The van der Waals surface area contributed by atoms with Crippen molar-refractivity contribution in [2.24, 2.45) is 0 Å². The van der Waals surface area contributed by atoms with Gasteiger partial charge in [-0.05, 0) is 28.1 Å². The Morgan fingerprint density at radius 1 is 1.38 bits per heavy atom. The number of allylic oxidation sites excluding steroid dienone is 2. The van der Waals surface area contributed by atoms with Crippen molar-refractivity contribution in [3.05, 3.63) is 51.9 Å². The fourth-order valence-corrected chi connectivity index (χ4v) is 2.41. The van der Waals surface area contributed by atoms with Crippen LogP contribution in [0.4, 0.5) is 0 Å². The van der Waals surface area contributed by atoms with E-state index in [2.05, 4.69) is 22.5 Å². The number of carbonyl (C=O) groups is 1. The summed E-state index contributed by atoms with van der Waals surface area (Å²) in [6.07, 6.45) is 5.81. The topological polar surface area (TPSA) is 79.5 Å². The zero-order chi connectivity index (χ0) is 15.6. The van der Waals surface area contributed by atoms with E-state index in [0.29, 0.717) is 9.86 Å². The van der Waals surface area contributed by atoms with Crippen LogP contribution < -0.4 is 5.56 Å². The summed E-state index contributed by atoms with van der Waals surface area (Å²) in [5.41, 5.74) is -0.451. The van der Waals surface area contributed by atoms with Crippen LogP contribution in [0.25, 0.3) is 17.0 Å². The molecule has 2 rings (SSSR count). The Labute approximate surface area is 128 Å². The molecule has 0 unspecified atom stereocenters. The first kappa shape index (κ1) is 15.1. The number of fused-ring (bicyclic) bond motifs is 1. The number of ketones is 1. The lowest BCUT2D eigenvalue weighted by Gasteiger charge is -2.07.